The van der Waals surface area contributed by atoms with Gasteiger partial charge in [-0.15, -0.1) is 0 Å². The zero-order valence-electron chi connectivity index (χ0n) is 18.7. The van der Waals surface area contributed by atoms with Crippen molar-refractivity contribution in [3.63, 3.8) is 0 Å². The summed E-state index contributed by atoms with van der Waals surface area (Å²) in [7, 11) is 3.54. The Labute approximate surface area is 178 Å². The van der Waals surface area contributed by atoms with Crippen molar-refractivity contribution < 1.29 is 9.18 Å². The van der Waals surface area contributed by atoms with Gasteiger partial charge in [0.05, 0.1) is 0 Å². The molecular formula is C23H32FN5O. The van der Waals surface area contributed by atoms with E-state index in [0.29, 0.717) is 44.1 Å². The van der Waals surface area contributed by atoms with Crippen LogP contribution in [0.25, 0.3) is 0 Å². The maximum atomic E-state index is 14.3. The Morgan fingerprint density at radius 3 is 2.40 bits per heavy atom. The summed E-state index contributed by atoms with van der Waals surface area (Å²) >= 11 is 0. The van der Waals surface area contributed by atoms with Gasteiger partial charge in [0.1, 0.15) is 17.5 Å². The molecule has 2 amide bonds. The van der Waals surface area contributed by atoms with Crippen molar-refractivity contribution in [1.82, 2.24) is 19.8 Å². The van der Waals surface area contributed by atoms with E-state index in [0.717, 1.165) is 29.3 Å². The van der Waals surface area contributed by atoms with E-state index < -0.39 is 0 Å². The molecule has 6 nitrogen and oxygen atoms in total. The van der Waals surface area contributed by atoms with Gasteiger partial charge in [-0.1, -0.05) is 32.0 Å². The molecule has 30 heavy (non-hydrogen) atoms. The molecule has 7 heteroatoms. The van der Waals surface area contributed by atoms with Crippen LogP contribution in [0.2, 0.25) is 0 Å². The van der Waals surface area contributed by atoms with Gasteiger partial charge in [0.2, 0.25) is 0 Å². The van der Waals surface area contributed by atoms with E-state index in [-0.39, 0.29) is 11.8 Å². The Morgan fingerprint density at radius 1 is 1.13 bits per heavy atom. The van der Waals surface area contributed by atoms with Crippen LogP contribution < -0.4 is 4.90 Å². The second-order valence-electron chi connectivity index (χ2n) is 8.54. The average molecular weight is 414 g/mol. The molecule has 0 radical (unpaired) electrons. The summed E-state index contributed by atoms with van der Waals surface area (Å²) in [5.41, 5.74) is 2.49. The molecule has 0 saturated carbocycles. The maximum absolute atomic E-state index is 14.3. The lowest BCUT2D eigenvalue weighted by Gasteiger charge is -2.37. The zero-order valence-corrected chi connectivity index (χ0v) is 18.7. The van der Waals surface area contributed by atoms with E-state index in [9.17, 15) is 9.18 Å². The third-order valence-corrected chi connectivity index (χ3v) is 5.39. The van der Waals surface area contributed by atoms with Crippen molar-refractivity contribution in [3.8, 4) is 0 Å². The molecule has 0 bridgehead atoms. The number of amides is 2. The van der Waals surface area contributed by atoms with Gasteiger partial charge < -0.3 is 14.7 Å². The first kappa shape index (κ1) is 22.0. The van der Waals surface area contributed by atoms with Gasteiger partial charge in [-0.3, -0.25) is 0 Å². The van der Waals surface area contributed by atoms with E-state index in [2.05, 4.69) is 18.7 Å². The van der Waals surface area contributed by atoms with Crippen molar-refractivity contribution in [3.05, 3.63) is 52.7 Å². The molecule has 0 aliphatic carbocycles. The van der Waals surface area contributed by atoms with Crippen LogP contribution in [0.1, 0.15) is 36.5 Å². The number of aryl methyl sites for hydroxylation is 1. The Morgan fingerprint density at radius 2 is 1.80 bits per heavy atom. The molecule has 2 heterocycles. The van der Waals surface area contributed by atoms with E-state index in [1.165, 1.54) is 6.07 Å². The quantitative estimate of drug-likeness (QED) is 0.753. The first-order valence-electron chi connectivity index (χ1n) is 10.6. The van der Waals surface area contributed by atoms with Gasteiger partial charge >= 0.3 is 6.03 Å². The fourth-order valence-corrected chi connectivity index (χ4v) is 3.79. The normalized spacial score (nSPS) is 14.4. The Kier molecular flexibility index (Phi) is 6.90. The standard InChI is InChI=1S/C23H32FN5O/c1-16(2)14-21-25-17(3)19(15-18-8-6-7-9-20(18)24)22(26-21)28-10-12-29(13-11-28)23(30)27(4)5/h6-9,16H,10-15H2,1-5H3. The van der Waals surface area contributed by atoms with Gasteiger partial charge in [-0.05, 0) is 24.5 Å². The van der Waals surface area contributed by atoms with Crippen molar-refractivity contribution >= 4 is 11.8 Å². The van der Waals surface area contributed by atoms with E-state index in [1.54, 1.807) is 25.1 Å². The third-order valence-electron chi connectivity index (χ3n) is 5.39. The lowest BCUT2D eigenvalue weighted by Crippen LogP contribution is -2.52. The number of piperazine rings is 1. The summed E-state index contributed by atoms with van der Waals surface area (Å²) in [5, 5.41) is 0. The molecule has 0 atom stereocenters. The minimum absolute atomic E-state index is 0.0283. The number of hydrogen-bond donors (Lipinski definition) is 0. The van der Waals surface area contributed by atoms with Gasteiger partial charge in [0, 0.05) is 64.4 Å². The summed E-state index contributed by atoms with van der Waals surface area (Å²) in [5.74, 6) is 1.93. The fraction of sp³-hybridized carbons (Fsp3) is 0.522. The van der Waals surface area contributed by atoms with Crippen LogP contribution in [0.4, 0.5) is 15.0 Å². The highest BCUT2D eigenvalue weighted by Gasteiger charge is 2.26. The minimum Gasteiger partial charge on any atom is -0.353 e. The van der Waals surface area contributed by atoms with Crippen LogP contribution >= 0.6 is 0 Å². The number of rotatable bonds is 5. The van der Waals surface area contributed by atoms with Gasteiger partial charge in [-0.25, -0.2) is 19.2 Å². The second kappa shape index (κ2) is 9.41. The molecule has 2 aromatic rings. The molecule has 1 aromatic heterocycles. The molecule has 1 saturated heterocycles. The number of benzene rings is 1. The Hall–Kier alpha value is -2.70. The molecule has 1 fully saturated rings. The number of halogens is 1. The Balaban J connectivity index is 1.91. The summed E-state index contributed by atoms with van der Waals surface area (Å²) in [6.45, 7) is 8.95. The van der Waals surface area contributed by atoms with E-state index >= 15 is 0 Å². The molecule has 1 aromatic carbocycles. The highest BCUT2D eigenvalue weighted by atomic mass is 19.1. The maximum Gasteiger partial charge on any atom is 0.319 e. The van der Waals surface area contributed by atoms with Crippen molar-refractivity contribution in [2.24, 2.45) is 5.92 Å². The summed E-state index contributed by atoms with van der Waals surface area (Å²) in [6.07, 6.45) is 1.25. The number of carbonyl (C=O) groups excluding carboxylic acids is 1. The lowest BCUT2D eigenvalue weighted by atomic mass is 10.0. The Bertz CT molecular complexity index is 891. The van der Waals surface area contributed by atoms with Crippen molar-refractivity contribution in [2.75, 3.05) is 45.2 Å². The summed E-state index contributed by atoms with van der Waals surface area (Å²) in [4.78, 5) is 27.6. The molecule has 3 rings (SSSR count). The van der Waals surface area contributed by atoms with Crippen LogP contribution in [-0.2, 0) is 12.8 Å². The summed E-state index contributed by atoms with van der Waals surface area (Å²) in [6, 6.07) is 6.89. The number of aromatic nitrogens is 2. The minimum atomic E-state index is -0.212. The predicted octanol–water partition coefficient (Wildman–Crippen LogP) is 3.52. The van der Waals surface area contributed by atoms with E-state index in [4.69, 9.17) is 9.97 Å². The number of hydrogen-bond acceptors (Lipinski definition) is 4. The van der Waals surface area contributed by atoms with Crippen LogP contribution in [-0.4, -0.2) is 66.1 Å². The van der Waals surface area contributed by atoms with Gasteiger partial charge in [0.25, 0.3) is 0 Å². The van der Waals surface area contributed by atoms with Crippen molar-refractivity contribution in [2.45, 2.75) is 33.6 Å². The summed E-state index contributed by atoms with van der Waals surface area (Å²) < 4.78 is 14.3. The molecular weight excluding hydrogens is 381 g/mol. The molecule has 162 valence electrons. The second-order valence-corrected chi connectivity index (χ2v) is 8.54. The lowest BCUT2D eigenvalue weighted by molar-refractivity contribution is 0.168. The number of urea groups is 1. The predicted molar refractivity (Wildman–Crippen MR) is 117 cm³/mol. The van der Waals surface area contributed by atoms with Gasteiger partial charge in [-0.2, -0.15) is 0 Å². The molecule has 0 spiro atoms. The van der Waals surface area contributed by atoms with Crippen molar-refractivity contribution in [1.29, 1.82) is 0 Å². The van der Waals surface area contributed by atoms with Crippen LogP contribution in [0, 0.1) is 18.7 Å². The molecule has 0 unspecified atom stereocenters. The highest BCUT2D eigenvalue weighted by Crippen LogP contribution is 2.27. The largest absolute Gasteiger partial charge is 0.353 e. The molecule has 1 aliphatic rings. The number of carbonyl (C=O) groups is 1. The average Bonchev–Trinajstić information content (AvgIpc) is 2.70. The zero-order chi connectivity index (χ0) is 21.8. The first-order chi connectivity index (χ1) is 14.3. The smallest absolute Gasteiger partial charge is 0.319 e. The van der Waals surface area contributed by atoms with E-state index in [1.807, 2.05) is 24.0 Å². The van der Waals surface area contributed by atoms with Gasteiger partial charge in [0.15, 0.2) is 0 Å². The number of nitrogens with zero attached hydrogens (tertiary/aromatic N) is 5. The number of anilines is 1. The van der Waals surface area contributed by atoms with Crippen LogP contribution in [0.15, 0.2) is 24.3 Å². The third kappa shape index (κ3) is 5.07. The van der Waals surface area contributed by atoms with Crippen LogP contribution in [0.5, 0.6) is 0 Å². The van der Waals surface area contributed by atoms with Crippen LogP contribution in [0.3, 0.4) is 0 Å². The highest BCUT2D eigenvalue weighted by molar-refractivity contribution is 5.74. The fourth-order valence-electron chi connectivity index (χ4n) is 3.79. The first-order valence-corrected chi connectivity index (χ1v) is 10.6. The monoisotopic (exact) mass is 413 g/mol. The topological polar surface area (TPSA) is 52.6 Å². The molecule has 0 N–H and O–H groups in total. The SMILES string of the molecule is Cc1nc(CC(C)C)nc(N2CCN(C(=O)N(C)C)CC2)c1Cc1ccccc1F. The molecule has 1 aliphatic heterocycles.